The number of nitrogen functional groups attached to an aromatic ring is 1. The zero-order chi connectivity index (χ0) is 14.0. The van der Waals surface area contributed by atoms with Crippen LogP contribution in [0.15, 0.2) is 10.5 Å². The summed E-state index contributed by atoms with van der Waals surface area (Å²) in [4.78, 5) is 16.1. The molecule has 1 atom stereocenters. The Morgan fingerprint density at radius 1 is 1.63 bits per heavy atom. The van der Waals surface area contributed by atoms with E-state index in [0.717, 1.165) is 25.4 Å². The molecule has 0 saturated carbocycles. The molecule has 6 nitrogen and oxygen atoms in total. The van der Waals surface area contributed by atoms with Crippen LogP contribution in [-0.4, -0.2) is 48.9 Å². The number of nitrogens with one attached hydrogen (secondary N) is 1. The Hall–Kier alpha value is -1.37. The van der Waals surface area contributed by atoms with E-state index in [2.05, 4.69) is 29.3 Å². The molecule has 2 rings (SSSR count). The molecule has 0 bridgehead atoms. The van der Waals surface area contributed by atoms with E-state index in [1.54, 1.807) is 13.0 Å². The number of amides is 1. The number of rotatable bonds is 4. The van der Waals surface area contributed by atoms with Crippen molar-refractivity contribution in [2.24, 2.45) is 5.84 Å². The Morgan fingerprint density at radius 2 is 2.37 bits per heavy atom. The predicted molar refractivity (Wildman–Crippen MR) is 72.5 cm³/mol. The molecule has 1 aliphatic heterocycles. The van der Waals surface area contributed by atoms with Gasteiger partial charge in [-0.2, -0.15) is 0 Å². The Balaban J connectivity index is 1.99. The van der Waals surface area contributed by atoms with Gasteiger partial charge in [0, 0.05) is 19.1 Å². The van der Waals surface area contributed by atoms with Crippen LogP contribution < -0.4 is 11.3 Å². The van der Waals surface area contributed by atoms with Crippen molar-refractivity contribution >= 4 is 5.91 Å². The molecular formula is C13H22N4O2. The van der Waals surface area contributed by atoms with Crippen LogP contribution in [-0.2, 0) is 6.54 Å². The summed E-state index contributed by atoms with van der Waals surface area (Å²) in [5, 5.41) is 0. The third kappa shape index (κ3) is 3.15. The van der Waals surface area contributed by atoms with Gasteiger partial charge in [0.1, 0.15) is 11.5 Å². The summed E-state index contributed by atoms with van der Waals surface area (Å²) in [6.07, 6.45) is 1.17. The lowest BCUT2D eigenvalue weighted by atomic mass is 10.2. The van der Waals surface area contributed by atoms with Crippen molar-refractivity contribution < 1.29 is 9.21 Å². The molecule has 0 aromatic carbocycles. The number of likely N-dealkylation sites (N-methyl/N-ethyl adjacent to an activating group) is 1. The minimum atomic E-state index is -0.305. The highest BCUT2D eigenvalue weighted by Crippen LogP contribution is 2.20. The third-order valence-electron chi connectivity index (χ3n) is 3.70. The topological polar surface area (TPSA) is 74.7 Å². The van der Waals surface area contributed by atoms with Crippen molar-refractivity contribution in [3.63, 3.8) is 0 Å². The molecule has 1 aromatic heterocycles. The number of hydrogen-bond acceptors (Lipinski definition) is 5. The monoisotopic (exact) mass is 266 g/mol. The number of carbonyl (C=O) groups excluding carboxylic acids is 1. The van der Waals surface area contributed by atoms with Gasteiger partial charge in [0.25, 0.3) is 5.91 Å². The average Bonchev–Trinajstić information content (AvgIpc) is 2.96. The van der Waals surface area contributed by atoms with Crippen molar-refractivity contribution in [2.75, 3.05) is 27.2 Å². The van der Waals surface area contributed by atoms with Gasteiger partial charge in [-0.3, -0.25) is 15.1 Å². The first-order valence-corrected chi connectivity index (χ1v) is 6.50. The number of furan rings is 1. The summed E-state index contributed by atoms with van der Waals surface area (Å²) < 4.78 is 5.62. The van der Waals surface area contributed by atoms with E-state index >= 15 is 0 Å². The van der Waals surface area contributed by atoms with Crippen LogP contribution in [0.5, 0.6) is 0 Å². The molecule has 106 valence electrons. The van der Waals surface area contributed by atoms with Crippen LogP contribution in [0.3, 0.4) is 0 Å². The maximum Gasteiger partial charge on any atom is 0.268 e. The van der Waals surface area contributed by atoms with Crippen molar-refractivity contribution in [1.29, 1.82) is 0 Å². The highest BCUT2D eigenvalue weighted by Gasteiger charge is 2.25. The fourth-order valence-electron chi connectivity index (χ4n) is 2.52. The molecule has 3 N–H and O–H groups in total. The summed E-state index contributed by atoms with van der Waals surface area (Å²) in [7, 11) is 4.21. The smallest absolute Gasteiger partial charge is 0.268 e. The summed E-state index contributed by atoms with van der Waals surface area (Å²) >= 11 is 0. The lowest BCUT2D eigenvalue weighted by molar-refractivity contribution is 0.0952. The summed E-state index contributed by atoms with van der Waals surface area (Å²) in [5.41, 5.74) is 2.65. The zero-order valence-electron chi connectivity index (χ0n) is 11.8. The molecule has 19 heavy (non-hydrogen) atoms. The summed E-state index contributed by atoms with van der Waals surface area (Å²) in [5.74, 6) is 6.26. The second-order valence-corrected chi connectivity index (χ2v) is 5.30. The highest BCUT2D eigenvalue weighted by atomic mass is 16.3. The Morgan fingerprint density at radius 3 is 2.95 bits per heavy atom. The molecule has 2 heterocycles. The molecule has 6 heteroatoms. The Labute approximate surface area is 113 Å². The largest absolute Gasteiger partial charge is 0.464 e. The van der Waals surface area contributed by atoms with Crippen LogP contribution in [0.1, 0.15) is 28.3 Å². The minimum Gasteiger partial charge on any atom is -0.464 e. The molecule has 1 unspecified atom stereocenters. The van der Waals surface area contributed by atoms with E-state index in [9.17, 15) is 4.79 Å². The maximum atomic E-state index is 11.5. The normalized spacial score (nSPS) is 20.2. The molecule has 1 fully saturated rings. The van der Waals surface area contributed by atoms with Gasteiger partial charge in [-0.25, -0.2) is 5.84 Å². The molecule has 0 aliphatic carbocycles. The van der Waals surface area contributed by atoms with Crippen LogP contribution in [0.4, 0.5) is 0 Å². The van der Waals surface area contributed by atoms with E-state index in [4.69, 9.17) is 10.3 Å². The molecule has 1 amide bonds. The molecule has 0 spiro atoms. The minimum absolute atomic E-state index is 0.305. The van der Waals surface area contributed by atoms with E-state index in [1.807, 2.05) is 0 Å². The standard InChI is InChI=1S/C13H22N4O2/c1-9-12(13(18)15-14)6-11(19-9)8-17-5-4-10(7-17)16(2)3/h6,10H,4-5,7-8,14H2,1-3H3,(H,15,18). The lowest BCUT2D eigenvalue weighted by Gasteiger charge is -2.19. The Bertz CT molecular complexity index is 455. The third-order valence-corrected chi connectivity index (χ3v) is 3.70. The van der Waals surface area contributed by atoms with Crippen LogP contribution in [0.25, 0.3) is 0 Å². The second-order valence-electron chi connectivity index (χ2n) is 5.30. The first-order chi connectivity index (χ1) is 9.01. The predicted octanol–water partition coefficient (Wildman–Crippen LogP) is 0.327. The second kappa shape index (κ2) is 5.73. The first kappa shape index (κ1) is 14.0. The van der Waals surface area contributed by atoms with Crippen molar-refractivity contribution in [1.82, 2.24) is 15.2 Å². The zero-order valence-corrected chi connectivity index (χ0v) is 11.8. The maximum absolute atomic E-state index is 11.5. The molecule has 1 saturated heterocycles. The average molecular weight is 266 g/mol. The molecule has 0 radical (unpaired) electrons. The molecule has 1 aromatic rings. The quantitative estimate of drug-likeness (QED) is 0.466. The Kier molecular flexibility index (Phi) is 4.24. The van der Waals surface area contributed by atoms with Crippen molar-refractivity contribution in [3.05, 3.63) is 23.2 Å². The van der Waals surface area contributed by atoms with E-state index in [-0.39, 0.29) is 5.91 Å². The van der Waals surface area contributed by atoms with Gasteiger partial charge < -0.3 is 9.32 Å². The van der Waals surface area contributed by atoms with E-state index < -0.39 is 0 Å². The molecule has 1 aliphatic rings. The van der Waals surface area contributed by atoms with Crippen molar-refractivity contribution in [2.45, 2.75) is 25.9 Å². The van der Waals surface area contributed by atoms with Crippen LogP contribution >= 0.6 is 0 Å². The summed E-state index contributed by atoms with van der Waals surface area (Å²) in [6, 6.07) is 2.38. The SMILES string of the molecule is Cc1oc(CN2CCC(N(C)C)C2)cc1C(=O)NN. The molecular weight excluding hydrogens is 244 g/mol. The number of likely N-dealkylation sites (tertiary alicyclic amines) is 1. The van der Waals surface area contributed by atoms with Gasteiger partial charge in [-0.05, 0) is 33.5 Å². The van der Waals surface area contributed by atoms with Gasteiger partial charge >= 0.3 is 0 Å². The van der Waals surface area contributed by atoms with E-state index in [0.29, 0.717) is 17.4 Å². The fraction of sp³-hybridized carbons (Fsp3) is 0.615. The van der Waals surface area contributed by atoms with Gasteiger partial charge in [0.15, 0.2) is 0 Å². The first-order valence-electron chi connectivity index (χ1n) is 6.50. The van der Waals surface area contributed by atoms with Crippen LogP contribution in [0, 0.1) is 6.92 Å². The van der Waals surface area contributed by atoms with Gasteiger partial charge in [0.2, 0.25) is 0 Å². The summed E-state index contributed by atoms with van der Waals surface area (Å²) in [6.45, 7) is 4.61. The lowest BCUT2D eigenvalue weighted by Crippen LogP contribution is -2.31. The van der Waals surface area contributed by atoms with Crippen molar-refractivity contribution in [3.8, 4) is 0 Å². The fourth-order valence-corrected chi connectivity index (χ4v) is 2.52. The van der Waals surface area contributed by atoms with Gasteiger partial charge in [-0.1, -0.05) is 0 Å². The number of nitrogens with two attached hydrogens (primary N) is 1. The van der Waals surface area contributed by atoms with Gasteiger partial charge in [0.05, 0.1) is 12.1 Å². The number of carbonyl (C=O) groups is 1. The van der Waals surface area contributed by atoms with Gasteiger partial charge in [-0.15, -0.1) is 0 Å². The number of hydrazine groups is 1. The number of hydrogen-bond donors (Lipinski definition) is 2. The van der Waals surface area contributed by atoms with E-state index in [1.165, 1.54) is 6.42 Å². The highest BCUT2D eigenvalue weighted by molar-refractivity contribution is 5.94. The van der Waals surface area contributed by atoms with Crippen LogP contribution in [0.2, 0.25) is 0 Å². The number of nitrogens with zero attached hydrogens (tertiary/aromatic N) is 2. The number of aryl methyl sites for hydroxylation is 1.